The van der Waals surface area contributed by atoms with E-state index in [2.05, 4.69) is 5.32 Å². The number of nitrogens with two attached hydrogens (primary N) is 1. The molecular formula is C22H30N2O5. The molecule has 7 heteroatoms. The lowest BCUT2D eigenvalue weighted by molar-refractivity contribution is -0.126. The number of benzene rings is 1. The molecule has 0 radical (unpaired) electrons. The Hall–Kier alpha value is -2.38. The number of hydrogen-bond donors (Lipinski definition) is 4. The van der Waals surface area contributed by atoms with E-state index in [0.717, 1.165) is 19.3 Å². The molecule has 2 aliphatic rings. The minimum atomic E-state index is -1.15. The number of carbonyl (C=O) groups is 2. The molecule has 158 valence electrons. The molecule has 29 heavy (non-hydrogen) atoms. The van der Waals surface area contributed by atoms with Crippen LogP contribution < -0.4 is 15.8 Å². The van der Waals surface area contributed by atoms with Gasteiger partial charge in [-0.05, 0) is 60.9 Å². The van der Waals surface area contributed by atoms with Crippen molar-refractivity contribution in [2.24, 2.45) is 11.7 Å². The molecule has 1 aromatic carbocycles. The van der Waals surface area contributed by atoms with Crippen molar-refractivity contribution in [2.45, 2.75) is 70.3 Å². The third-order valence-corrected chi connectivity index (χ3v) is 5.51. The van der Waals surface area contributed by atoms with Crippen molar-refractivity contribution in [3.63, 3.8) is 0 Å². The number of primary amides is 1. The maximum absolute atomic E-state index is 12.7. The normalized spacial score (nSPS) is 24.6. The fraction of sp³-hybridized carbons (Fsp3) is 0.545. The van der Waals surface area contributed by atoms with Gasteiger partial charge in [-0.15, -0.1) is 0 Å². The van der Waals surface area contributed by atoms with Gasteiger partial charge in [0.05, 0.1) is 6.10 Å². The molecule has 3 rings (SSSR count). The van der Waals surface area contributed by atoms with Crippen LogP contribution in [0, 0.1) is 5.92 Å². The highest BCUT2D eigenvalue weighted by molar-refractivity contribution is 5.97. The summed E-state index contributed by atoms with van der Waals surface area (Å²) in [6.07, 6.45) is 1.94. The molecule has 2 aliphatic carbocycles. The van der Waals surface area contributed by atoms with Crippen molar-refractivity contribution in [3.05, 3.63) is 41.0 Å². The van der Waals surface area contributed by atoms with Gasteiger partial charge >= 0.3 is 0 Å². The van der Waals surface area contributed by atoms with Crippen LogP contribution in [0.4, 0.5) is 0 Å². The molecule has 0 heterocycles. The van der Waals surface area contributed by atoms with Gasteiger partial charge in [0, 0.05) is 12.0 Å². The van der Waals surface area contributed by atoms with Crippen molar-refractivity contribution in [3.8, 4) is 5.75 Å². The van der Waals surface area contributed by atoms with Crippen LogP contribution in [0.5, 0.6) is 5.75 Å². The van der Waals surface area contributed by atoms with Crippen LogP contribution in [0.15, 0.2) is 29.8 Å². The maximum atomic E-state index is 12.7. The van der Waals surface area contributed by atoms with Gasteiger partial charge < -0.3 is 26.0 Å². The highest BCUT2D eigenvalue weighted by Gasteiger charge is 2.35. The highest BCUT2D eigenvalue weighted by Crippen LogP contribution is 2.29. The number of ether oxygens (including phenoxy) is 1. The van der Waals surface area contributed by atoms with Crippen LogP contribution >= 0.6 is 0 Å². The monoisotopic (exact) mass is 402 g/mol. The first-order valence-corrected chi connectivity index (χ1v) is 10.2. The van der Waals surface area contributed by atoms with E-state index in [1.165, 1.54) is 17.2 Å². The number of fused-ring (bicyclic) bond motifs is 1. The second-order valence-electron chi connectivity index (χ2n) is 8.38. The Morgan fingerprint density at radius 2 is 1.97 bits per heavy atom. The quantitative estimate of drug-likeness (QED) is 0.542. The molecule has 0 spiro atoms. The summed E-state index contributed by atoms with van der Waals surface area (Å²) in [5, 5.41) is 23.2. The van der Waals surface area contributed by atoms with E-state index in [1.807, 2.05) is 32.0 Å². The lowest BCUT2D eigenvalue weighted by Gasteiger charge is -2.31. The summed E-state index contributed by atoms with van der Waals surface area (Å²) < 4.78 is 5.90. The number of aliphatic hydroxyl groups is 2. The number of aliphatic hydroxyl groups excluding tert-OH is 2. The summed E-state index contributed by atoms with van der Waals surface area (Å²) in [6.45, 7) is 3.87. The van der Waals surface area contributed by atoms with Crippen molar-refractivity contribution >= 4 is 11.8 Å². The standard InChI is InChI=1S/C22H30N2O5/c1-12(2)8-17(21(23)27)24-22(28)15-10-18(25)20(26)19(11-15)29-16-7-6-13-4-3-5-14(13)9-16/h6-7,9,11-12,17-20,25-26H,3-5,8,10H2,1-2H3,(H2,23,27)(H,24,28)/t17-,18-,19-,20-/m1/s1. The molecule has 0 bridgehead atoms. The molecule has 2 amide bonds. The molecule has 1 aromatic rings. The van der Waals surface area contributed by atoms with Gasteiger partial charge in [0.15, 0.2) is 0 Å². The summed E-state index contributed by atoms with van der Waals surface area (Å²) >= 11 is 0. The zero-order valence-corrected chi connectivity index (χ0v) is 16.9. The topological polar surface area (TPSA) is 122 Å². The Balaban J connectivity index is 1.74. The van der Waals surface area contributed by atoms with Crippen LogP contribution in [-0.2, 0) is 22.4 Å². The predicted octanol–water partition coefficient (Wildman–Crippen LogP) is 0.991. The van der Waals surface area contributed by atoms with Gasteiger partial charge in [-0.2, -0.15) is 0 Å². The zero-order chi connectivity index (χ0) is 21.1. The number of nitrogens with one attached hydrogen (secondary N) is 1. The first-order valence-electron chi connectivity index (χ1n) is 10.2. The third-order valence-electron chi connectivity index (χ3n) is 5.51. The first kappa shape index (κ1) is 21.3. The van der Waals surface area contributed by atoms with Crippen LogP contribution in [0.1, 0.15) is 44.2 Å². The van der Waals surface area contributed by atoms with Crippen molar-refractivity contribution in [1.29, 1.82) is 0 Å². The van der Waals surface area contributed by atoms with Gasteiger partial charge in [-0.3, -0.25) is 9.59 Å². The molecular weight excluding hydrogens is 372 g/mol. The average molecular weight is 402 g/mol. The summed E-state index contributed by atoms with van der Waals surface area (Å²) in [4.78, 5) is 24.3. The first-order chi connectivity index (χ1) is 13.7. The summed E-state index contributed by atoms with van der Waals surface area (Å²) in [6, 6.07) is 5.03. The van der Waals surface area contributed by atoms with E-state index < -0.39 is 36.2 Å². The minimum Gasteiger partial charge on any atom is -0.484 e. The fourth-order valence-electron chi connectivity index (χ4n) is 3.95. The van der Waals surface area contributed by atoms with Crippen molar-refractivity contribution in [2.75, 3.05) is 0 Å². The second kappa shape index (κ2) is 8.97. The molecule has 0 aromatic heterocycles. The van der Waals surface area contributed by atoms with Crippen LogP contribution in [0.25, 0.3) is 0 Å². The molecule has 0 saturated carbocycles. The van der Waals surface area contributed by atoms with Gasteiger partial charge in [0.2, 0.25) is 11.8 Å². The van der Waals surface area contributed by atoms with Gasteiger partial charge in [0.25, 0.3) is 0 Å². The van der Waals surface area contributed by atoms with Gasteiger partial charge in [-0.1, -0.05) is 19.9 Å². The summed E-state index contributed by atoms with van der Waals surface area (Å²) in [7, 11) is 0. The zero-order valence-electron chi connectivity index (χ0n) is 16.9. The number of carbonyl (C=O) groups excluding carboxylic acids is 2. The lowest BCUT2D eigenvalue weighted by Crippen LogP contribution is -2.49. The maximum Gasteiger partial charge on any atom is 0.247 e. The summed E-state index contributed by atoms with van der Waals surface area (Å²) in [5.41, 5.74) is 8.20. The Labute approximate surface area is 170 Å². The van der Waals surface area contributed by atoms with Crippen molar-refractivity contribution in [1.82, 2.24) is 5.32 Å². The number of hydrogen-bond acceptors (Lipinski definition) is 5. The van der Waals surface area contributed by atoms with E-state index >= 15 is 0 Å². The Kier molecular flexibility index (Phi) is 6.59. The number of aryl methyl sites for hydroxylation is 2. The van der Waals surface area contributed by atoms with Crippen LogP contribution in [0.2, 0.25) is 0 Å². The van der Waals surface area contributed by atoms with Crippen LogP contribution in [0.3, 0.4) is 0 Å². The second-order valence-corrected chi connectivity index (χ2v) is 8.38. The predicted molar refractivity (Wildman–Crippen MR) is 108 cm³/mol. The number of amides is 2. The molecule has 0 unspecified atom stereocenters. The van der Waals surface area contributed by atoms with Gasteiger partial charge in [0.1, 0.15) is 24.0 Å². The third kappa shape index (κ3) is 5.16. The lowest BCUT2D eigenvalue weighted by atomic mass is 9.91. The largest absolute Gasteiger partial charge is 0.484 e. The van der Waals surface area contributed by atoms with Gasteiger partial charge in [-0.25, -0.2) is 0 Å². The van der Waals surface area contributed by atoms with Crippen molar-refractivity contribution < 1.29 is 24.5 Å². The summed E-state index contributed by atoms with van der Waals surface area (Å²) in [5.74, 6) is -0.316. The minimum absolute atomic E-state index is 0.0236. The average Bonchev–Trinajstić information content (AvgIpc) is 3.12. The molecule has 4 atom stereocenters. The highest BCUT2D eigenvalue weighted by atomic mass is 16.5. The molecule has 5 N–H and O–H groups in total. The molecule has 0 saturated heterocycles. The molecule has 7 nitrogen and oxygen atoms in total. The van der Waals surface area contributed by atoms with E-state index in [1.54, 1.807) is 0 Å². The SMILES string of the molecule is CC(C)C[C@@H](NC(=O)C1=C[C@@H](Oc2ccc3c(c2)CCC3)[C@H](O)[C@H](O)C1)C(N)=O. The Morgan fingerprint density at radius 1 is 1.24 bits per heavy atom. The molecule has 0 aliphatic heterocycles. The molecule has 0 fully saturated rings. The van der Waals surface area contributed by atoms with E-state index in [4.69, 9.17) is 10.5 Å². The smallest absolute Gasteiger partial charge is 0.247 e. The Bertz CT molecular complexity index is 804. The van der Waals surface area contributed by atoms with Crippen LogP contribution in [-0.4, -0.2) is 46.4 Å². The van der Waals surface area contributed by atoms with E-state index in [0.29, 0.717) is 12.2 Å². The Morgan fingerprint density at radius 3 is 2.66 bits per heavy atom. The van der Waals surface area contributed by atoms with E-state index in [9.17, 15) is 19.8 Å². The van der Waals surface area contributed by atoms with E-state index in [-0.39, 0.29) is 17.9 Å². The number of rotatable bonds is 7. The fourth-order valence-corrected chi connectivity index (χ4v) is 3.95.